The molecule has 0 amide bonds. The van der Waals surface area contributed by atoms with Crippen LogP contribution in [0.5, 0.6) is 0 Å². The van der Waals surface area contributed by atoms with Gasteiger partial charge in [0.05, 0.1) is 0 Å². The molecule has 1 aromatic carbocycles. The summed E-state index contributed by atoms with van der Waals surface area (Å²) >= 11 is 0. The first kappa shape index (κ1) is 24.9. The molecular formula is C30H46N2. The van der Waals surface area contributed by atoms with E-state index in [1.54, 1.807) is 0 Å². The van der Waals surface area contributed by atoms with Crippen LogP contribution in [0.4, 0.5) is 0 Å². The lowest BCUT2D eigenvalue weighted by atomic mass is 9.78. The Hall–Kier alpha value is -1.70. The van der Waals surface area contributed by atoms with Gasteiger partial charge in [-0.25, -0.2) is 9.97 Å². The SMILES string of the molecule is CCCCCCCCc1ccc(-c2cnc(CCC3CCC(CCC)CC3)nc2C)cc1. The molecule has 1 aliphatic rings. The summed E-state index contributed by atoms with van der Waals surface area (Å²) in [4.78, 5) is 9.62. The summed E-state index contributed by atoms with van der Waals surface area (Å²) in [5.41, 5.74) is 4.99. The smallest absolute Gasteiger partial charge is 0.128 e. The van der Waals surface area contributed by atoms with Crippen LogP contribution in [0.2, 0.25) is 0 Å². The average molecular weight is 435 g/mol. The van der Waals surface area contributed by atoms with Crippen LogP contribution in [0, 0.1) is 18.8 Å². The molecular weight excluding hydrogens is 388 g/mol. The molecule has 0 unspecified atom stereocenters. The minimum Gasteiger partial charge on any atom is -0.241 e. The van der Waals surface area contributed by atoms with Crippen LogP contribution in [0.1, 0.15) is 114 Å². The van der Waals surface area contributed by atoms with Crippen LogP contribution in [-0.2, 0) is 12.8 Å². The van der Waals surface area contributed by atoms with Crippen molar-refractivity contribution in [1.29, 1.82) is 0 Å². The van der Waals surface area contributed by atoms with Crippen LogP contribution in [-0.4, -0.2) is 9.97 Å². The number of hydrogen-bond acceptors (Lipinski definition) is 2. The second-order valence-electron chi connectivity index (χ2n) is 10.2. The van der Waals surface area contributed by atoms with Gasteiger partial charge in [0.25, 0.3) is 0 Å². The molecule has 2 aromatic rings. The fourth-order valence-electron chi connectivity index (χ4n) is 5.43. The lowest BCUT2D eigenvalue weighted by molar-refractivity contribution is 0.251. The predicted octanol–water partition coefficient (Wildman–Crippen LogP) is 8.89. The topological polar surface area (TPSA) is 25.8 Å². The van der Waals surface area contributed by atoms with E-state index in [4.69, 9.17) is 9.97 Å². The summed E-state index contributed by atoms with van der Waals surface area (Å²) in [5.74, 6) is 2.90. The van der Waals surface area contributed by atoms with Crippen molar-refractivity contribution in [2.45, 2.75) is 117 Å². The fourth-order valence-corrected chi connectivity index (χ4v) is 5.43. The van der Waals surface area contributed by atoms with Gasteiger partial charge >= 0.3 is 0 Å². The molecule has 1 aliphatic carbocycles. The third-order valence-corrected chi connectivity index (χ3v) is 7.55. The normalized spacial score (nSPS) is 18.7. The first-order chi connectivity index (χ1) is 15.7. The largest absolute Gasteiger partial charge is 0.241 e. The molecule has 0 saturated heterocycles. The Labute approximate surface area is 197 Å². The summed E-state index contributed by atoms with van der Waals surface area (Å²) in [7, 11) is 0. The Kier molecular flexibility index (Phi) is 10.7. The highest BCUT2D eigenvalue weighted by atomic mass is 14.9. The Morgan fingerprint density at radius 1 is 0.750 bits per heavy atom. The molecule has 2 nitrogen and oxygen atoms in total. The molecule has 0 N–H and O–H groups in total. The summed E-state index contributed by atoms with van der Waals surface area (Å²) in [5, 5.41) is 0. The molecule has 0 bridgehead atoms. The van der Waals surface area contributed by atoms with Gasteiger partial charge in [0.15, 0.2) is 0 Å². The molecule has 32 heavy (non-hydrogen) atoms. The zero-order chi connectivity index (χ0) is 22.6. The number of aryl methyl sites for hydroxylation is 3. The number of aromatic nitrogens is 2. The maximum atomic E-state index is 4.87. The van der Waals surface area contributed by atoms with Crippen molar-refractivity contribution in [2.24, 2.45) is 11.8 Å². The zero-order valence-corrected chi connectivity index (χ0v) is 21.0. The molecule has 176 valence electrons. The number of nitrogens with zero attached hydrogens (tertiary/aromatic N) is 2. The maximum Gasteiger partial charge on any atom is 0.128 e. The van der Waals surface area contributed by atoms with Crippen molar-refractivity contribution in [3.63, 3.8) is 0 Å². The van der Waals surface area contributed by atoms with Gasteiger partial charge in [0.2, 0.25) is 0 Å². The molecule has 3 rings (SSSR count). The Morgan fingerprint density at radius 3 is 2.06 bits per heavy atom. The standard InChI is InChI=1S/C30H46N2/c1-4-6-7-8-9-10-12-26-17-20-28(21-18-26)29-23-31-30(32-24(29)3)22-19-27-15-13-25(11-5-2)14-16-27/h17-18,20-21,23,25,27H,4-16,19,22H2,1-3H3. The Bertz CT molecular complexity index is 772. The van der Waals surface area contributed by atoms with Crippen molar-refractivity contribution in [2.75, 3.05) is 0 Å². The van der Waals surface area contributed by atoms with Crippen molar-refractivity contribution in [1.82, 2.24) is 9.97 Å². The molecule has 0 aliphatic heterocycles. The summed E-state index contributed by atoms with van der Waals surface area (Å²) < 4.78 is 0. The van der Waals surface area contributed by atoms with Crippen LogP contribution >= 0.6 is 0 Å². The third kappa shape index (κ3) is 8.01. The van der Waals surface area contributed by atoms with Crippen molar-refractivity contribution >= 4 is 0 Å². The fraction of sp³-hybridized carbons (Fsp3) is 0.667. The highest BCUT2D eigenvalue weighted by Crippen LogP contribution is 2.33. The highest BCUT2D eigenvalue weighted by molar-refractivity contribution is 5.65. The summed E-state index contributed by atoms with van der Waals surface area (Å²) in [6.45, 7) is 6.74. The van der Waals surface area contributed by atoms with Crippen molar-refractivity contribution in [3.05, 3.63) is 47.5 Å². The van der Waals surface area contributed by atoms with Gasteiger partial charge in [-0.05, 0) is 49.1 Å². The first-order valence-corrected chi connectivity index (χ1v) is 13.6. The second kappa shape index (κ2) is 13.8. The monoisotopic (exact) mass is 434 g/mol. The van der Waals surface area contributed by atoms with E-state index in [2.05, 4.69) is 51.2 Å². The predicted molar refractivity (Wildman–Crippen MR) is 138 cm³/mol. The van der Waals surface area contributed by atoms with Gasteiger partial charge in [-0.15, -0.1) is 0 Å². The van der Waals surface area contributed by atoms with Crippen molar-refractivity contribution < 1.29 is 0 Å². The van der Waals surface area contributed by atoms with E-state index in [0.717, 1.165) is 29.8 Å². The van der Waals surface area contributed by atoms with E-state index in [1.165, 1.54) is 107 Å². The Balaban J connectivity index is 1.45. The van der Waals surface area contributed by atoms with Crippen LogP contribution in [0.15, 0.2) is 30.5 Å². The van der Waals surface area contributed by atoms with E-state index in [0.29, 0.717) is 0 Å². The van der Waals surface area contributed by atoms with Gasteiger partial charge in [-0.3, -0.25) is 0 Å². The molecule has 1 aromatic heterocycles. The molecule has 1 heterocycles. The minimum absolute atomic E-state index is 0.880. The van der Waals surface area contributed by atoms with E-state index in [9.17, 15) is 0 Å². The summed E-state index contributed by atoms with van der Waals surface area (Å²) in [6.07, 6.45) is 22.1. The number of rotatable bonds is 13. The van der Waals surface area contributed by atoms with Crippen LogP contribution < -0.4 is 0 Å². The average Bonchev–Trinajstić information content (AvgIpc) is 2.82. The molecule has 1 fully saturated rings. The maximum absolute atomic E-state index is 4.87. The molecule has 1 saturated carbocycles. The second-order valence-corrected chi connectivity index (χ2v) is 10.2. The lowest BCUT2D eigenvalue weighted by Crippen LogP contribution is -2.15. The minimum atomic E-state index is 0.880. The Morgan fingerprint density at radius 2 is 1.41 bits per heavy atom. The van der Waals surface area contributed by atoms with E-state index in [-0.39, 0.29) is 0 Å². The van der Waals surface area contributed by atoms with Gasteiger partial charge in [0, 0.05) is 23.9 Å². The van der Waals surface area contributed by atoms with E-state index in [1.807, 2.05) is 0 Å². The number of unbranched alkanes of at least 4 members (excludes halogenated alkanes) is 5. The number of hydrogen-bond donors (Lipinski definition) is 0. The highest BCUT2D eigenvalue weighted by Gasteiger charge is 2.20. The van der Waals surface area contributed by atoms with Gasteiger partial charge in [0.1, 0.15) is 5.82 Å². The molecule has 0 atom stereocenters. The summed E-state index contributed by atoms with van der Waals surface area (Å²) in [6, 6.07) is 9.10. The molecule has 2 heteroatoms. The van der Waals surface area contributed by atoms with Crippen LogP contribution in [0.25, 0.3) is 11.1 Å². The zero-order valence-electron chi connectivity index (χ0n) is 21.0. The third-order valence-electron chi connectivity index (χ3n) is 7.55. The van der Waals surface area contributed by atoms with Crippen LogP contribution in [0.3, 0.4) is 0 Å². The van der Waals surface area contributed by atoms with Gasteiger partial charge < -0.3 is 0 Å². The quantitative estimate of drug-likeness (QED) is 0.294. The molecule has 0 radical (unpaired) electrons. The van der Waals surface area contributed by atoms with Gasteiger partial charge in [-0.1, -0.05) is 109 Å². The lowest BCUT2D eigenvalue weighted by Gasteiger charge is -2.28. The molecule has 0 spiro atoms. The van der Waals surface area contributed by atoms with Gasteiger partial charge in [-0.2, -0.15) is 0 Å². The number of benzene rings is 1. The van der Waals surface area contributed by atoms with Crippen molar-refractivity contribution in [3.8, 4) is 11.1 Å². The van der Waals surface area contributed by atoms with E-state index < -0.39 is 0 Å². The first-order valence-electron chi connectivity index (χ1n) is 13.6. The van der Waals surface area contributed by atoms with E-state index >= 15 is 0 Å².